The first-order valence-corrected chi connectivity index (χ1v) is 26.2. The minimum atomic E-state index is -4.34. The van der Waals surface area contributed by atoms with Gasteiger partial charge in [-0.3, -0.25) is 13.8 Å². The number of aliphatic hydroxyl groups excluding tert-OH is 1. The maximum absolute atomic E-state index is 12.9. The Labute approximate surface area is 360 Å². The van der Waals surface area contributed by atoms with Gasteiger partial charge in [0.2, 0.25) is 5.91 Å². The van der Waals surface area contributed by atoms with Gasteiger partial charge in [-0.15, -0.1) is 0 Å². The Morgan fingerprint density at radius 2 is 0.931 bits per heavy atom. The van der Waals surface area contributed by atoms with Gasteiger partial charge in [0, 0.05) is 6.42 Å². The topological polar surface area (TPSA) is 105 Å². The number of rotatable bonds is 45. The van der Waals surface area contributed by atoms with Gasteiger partial charge in [-0.2, -0.15) is 0 Å². The van der Waals surface area contributed by atoms with E-state index in [1.54, 1.807) is 6.08 Å². The number of carbonyl (C=O) groups excluding carboxylic acids is 1. The lowest BCUT2D eigenvalue weighted by molar-refractivity contribution is -0.870. The second-order valence-corrected chi connectivity index (χ2v) is 19.6. The Bertz CT molecular complexity index is 1000. The summed E-state index contributed by atoms with van der Waals surface area (Å²) in [6.07, 6.45) is 49.7. The molecule has 0 spiro atoms. The fourth-order valence-electron chi connectivity index (χ4n) is 7.21. The maximum atomic E-state index is 12.9. The Balaban J connectivity index is 4.22. The Hall–Kier alpha value is -1.02. The van der Waals surface area contributed by atoms with Crippen LogP contribution in [0, 0.1) is 0 Å². The number of unbranched alkanes of at least 4 members (excludes halogenated alkanes) is 30. The molecule has 0 aliphatic heterocycles. The molecule has 9 heteroatoms. The highest BCUT2D eigenvalue weighted by atomic mass is 31.2. The maximum Gasteiger partial charge on any atom is 0.472 e. The molecule has 1 amide bonds. The van der Waals surface area contributed by atoms with Crippen molar-refractivity contribution >= 4 is 13.7 Å². The van der Waals surface area contributed by atoms with E-state index < -0.39 is 20.0 Å². The van der Waals surface area contributed by atoms with Crippen molar-refractivity contribution in [1.29, 1.82) is 0 Å². The molecule has 3 atom stereocenters. The van der Waals surface area contributed by atoms with Crippen LogP contribution in [-0.4, -0.2) is 73.4 Å². The number of likely N-dealkylation sites (N-methyl/N-ethyl adjacent to an activating group) is 1. The molecule has 3 unspecified atom stereocenters. The molecule has 0 heterocycles. The summed E-state index contributed by atoms with van der Waals surface area (Å²) < 4.78 is 23.6. The molecule has 8 nitrogen and oxygen atoms in total. The summed E-state index contributed by atoms with van der Waals surface area (Å²) in [6, 6.07) is -0.844. The van der Waals surface area contributed by atoms with Gasteiger partial charge in [-0.1, -0.05) is 205 Å². The van der Waals surface area contributed by atoms with E-state index in [0.29, 0.717) is 17.4 Å². The van der Waals surface area contributed by atoms with Crippen molar-refractivity contribution in [3.05, 3.63) is 24.3 Å². The van der Waals surface area contributed by atoms with Crippen molar-refractivity contribution in [3.8, 4) is 0 Å². The predicted octanol–water partition coefficient (Wildman–Crippen LogP) is 14.1. The lowest BCUT2D eigenvalue weighted by atomic mass is 10.0. The van der Waals surface area contributed by atoms with E-state index >= 15 is 0 Å². The number of phosphoric acid groups is 1. The summed E-state index contributed by atoms with van der Waals surface area (Å²) >= 11 is 0. The van der Waals surface area contributed by atoms with E-state index in [1.165, 1.54) is 173 Å². The lowest BCUT2D eigenvalue weighted by Gasteiger charge is -2.25. The molecule has 3 N–H and O–H groups in total. The van der Waals surface area contributed by atoms with E-state index in [2.05, 4.69) is 31.3 Å². The fraction of sp³-hybridized carbons (Fsp3) is 0.898. The number of nitrogens with one attached hydrogen (secondary N) is 1. The molecule has 0 aromatic heterocycles. The van der Waals surface area contributed by atoms with Gasteiger partial charge in [0.05, 0.1) is 39.9 Å². The van der Waals surface area contributed by atoms with E-state index in [9.17, 15) is 19.4 Å². The van der Waals surface area contributed by atoms with Gasteiger partial charge >= 0.3 is 7.82 Å². The number of nitrogens with zero attached hydrogens (tertiary/aromatic N) is 1. The first kappa shape index (κ1) is 57.0. The lowest BCUT2D eigenvalue weighted by Crippen LogP contribution is -2.45. The Morgan fingerprint density at radius 1 is 0.569 bits per heavy atom. The quantitative estimate of drug-likeness (QED) is 0.0244. The van der Waals surface area contributed by atoms with Crippen molar-refractivity contribution in [2.75, 3.05) is 40.9 Å². The first-order chi connectivity index (χ1) is 28.0. The summed E-state index contributed by atoms with van der Waals surface area (Å²) in [7, 11) is 1.57. The van der Waals surface area contributed by atoms with E-state index in [1.807, 2.05) is 27.2 Å². The van der Waals surface area contributed by atoms with Gasteiger partial charge in [0.1, 0.15) is 13.2 Å². The standard InChI is InChI=1S/C49H97N2O6P/c1-6-8-10-12-14-16-18-20-21-22-23-24-25-26-27-28-29-30-31-33-35-37-39-41-43-49(53)50-47(46-57-58(54,55)56-45-44-51(3,4)5)48(52)42-40-38-36-34-32-19-17-15-13-11-9-7-2/h26-27,40,42,47-48,52H,6-25,28-39,41,43-46H2,1-5H3,(H-,50,53,54,55)/p+1/b27-26-,42-40+. The highest BCUT2D eigenvalue weighted by Crippen LogP contribution is 2.43. The first-order valence-electron chi connectivity index (χ1n) is 24.7. The van der Waals surface area contributed by atoms with Crippen LogP contribution in [0.1, 0.15) is 232 Å². The highest BCUT2D eigenvalue weighted by Gasteiger charge is 2.27. The number of carbonyl (C=O) groups is 1. The van der Waals surface area contributed by atoms with Crippen molar-refractivity contribution in [3.63, 3.8) is 0 Å². The van der Waals surface area contributed by atoms with E-state index in [-0.39, 0.29) is 19.1 Å². The molecule has 344 valence electrons. The van der Waals surface area contributed by atoms with Gasteiger partial charge in [-0.05, 0) is 44.9 Å². The van der Waals surface area contributed by atoms with Crippen LogP contribution in [0.15, 0.2) is 24.3 Å². The largest absolute Gasteiger partial charge is 0.472 e. The second-order valence-electron chi connectivity index (χ2n) is 18.2. The SMILES string of the molecule is CCCCCCCCCCCC/C=C/C(O)C(COP(=O)(O)OCC[N+](C)(C)C)NC(=O)CCCCCCCCCC/C=C\CCCCCCCCCCCCCC. The van der Waals surface area contributed by atoms with Crippen molar-refractivity contribution in [1.82, 2.24) is 5.32 Å². The molecule has 0 rings (SSSR count). The average Bonchev–Trinajstić information content (AvgIpc) is 3.17. The third-order valence-corrected chi connectivity index (χ3v) is 12.1. The van der Waals surface area contributed by atoms with Gasteiger partial charge in [0.15, 0.2) is 0 Å². The summed E-state index contributed by atoms with van der Waals surface area (Å²) in [4.78, 5) is 23.1. The van der Waals surface area contributed by atoms with Crippen LogP contribution in [0.5, 0.6) is 0 Å². The minimum absolute atomic E-state index is 0.0620. The fourth-order valence-corrected chi connectivity index (χ4v) is 7.95. The summed E-state index contributed by atoms with van der Waals surface area (Å²) in [5.74, 6) is -0.179. The third kappa shape index (κ3) is 43.1. The van der Waals surface area contributed by atoms with E-state index in [4.69, 9.17) is 9.05 Å². The van der Waals surface area contributed by atoms with Crippen LogP contribution in [-0.2, 0) is 18.4 Å². The number of phosphoric ester groups is 1. The van der Waals surface area contributed by atoms with Crippen molar-refractivity contribution in [2.45, 2.75) is 244 Å². The predicted molar refractivity (Wildman–Crippen MR) is 249 cm³/mol. The monoisotopic (exact) mass is 842 g/mol. The Kier molecular flexibility index (Phi) is 40.6. The number of aliphatic hydroxyl groups is 1. The van der Waals surface area contributed by atoms with Crippen LogP contribution < -0.4 is 5.32 Å². The molecule has 0 aromatic carbocycles. The zero-order valence-electron chi connectivity index (χ0n) is 39.0. The highest BCUT2D eigenvalue weighted by molar-refractivity contribution is 7.47. The molecule has 0 saturated heterocycles. The van der Waals surface area contributed by atoms with Gasteiger partial charge in [0.25, 0.3) is 0 Å². The summed E-state index contributed by atoms with van der Waals surface area (Å²) in [5, 5.41) is 13.8. The minimum Gasteiger partial charge on any atom is -0.387 e. The van der Waals surface area contributed by atoms with Crippen LogP contribution >= 0.6 is 7.82 Å². The molecule has 0 radical (unpaired) electrons. The number of amides is 1. The van der Waals surface area contributed by atoms with Crippen LogP contribution in [0.25, 0.3) is 0 Å². The smallest absolute Gasteiger partial charge is 0.387 e. The molecular formula is C49H98N2O6P+. The second kappa shape index (κ2) is 41.3. The number of quaternary nitrogens is 1. The van der Waals surface area contributed by atoms with Crippen LogP contribution in [0.2, 0.25) is 0 Å². The van der Waals surface area contributed by atoms with Crippen LogP contribution in [0.3, 0.4) is 0 Å². The molecule has 0 bridgehead atoms. The molecule has 0 saturated carbocycles. The number of hydrogen-bond donors (Lipinski definition) is 3. The number of allylic oxidation sites excluding steroid dienone is 3. The Morgan fingerprint density at radius 3 is 1.33 bits per heavy atom. The van der Waals surface area contributed by atoms with Crippen LogP contribution in [0.4, 0.5) is 0 Å². The molecule has 0 aliphatic rings. The summed E-state index contributed by atoms with van der Waals surface area (Å²) in [5.41, 5.74) is 0. The zero-order chi connectivity index (χ0) is 42.8. The summed E-state index contributed by atoms with van der Waals surface area (Å²) in [6.45, 7) is 4.82. The number of hydrogen-bond acceptors (Lipinski definition) is 5. The van der Waals surface area contributed by atoms with E-state index in [0.717, 1.165) is 38.5 Å². The molecule has 0 fully saturated rings. The molecular weight excluding hydrogens is 744 g/mol. The normalized spacial score (nSPS) is 14.4. The zero-order valence-corrected chi connectivity index (χ0v) is 39.9. The molecule has 58 heavy (non-hydrogen) atoms. The van der Waals surface area contributed by atoms with Crippen molar-refractivity contribution < 1.29 is 32.9 Å². The third-order valence-electron chi connectivity index (χ3n) is 11.2. The van der Waals surface area contributed by atoms with Gasteiger partial charge < -0.3 is 19.8 Å². The average molecular weight is 842 g/mol. The van der Waals surface area contributed by atoms with Gasteiger partial charge in [-0.25, -0.2) is 4.57 Å². The molecule has 0 aliphatic carbocycles. The molecule has 0 aromatic rings. The van der Waals surface area contributed by atoms with Crippen molar-refractivity contribution in [2.24, 2.45) is 0 Å².